The minimum absolute atomic E-state index is 0.0281. The molecule has 2 rings (SSSR count). The van der Waals surface area contributed by atoms with E-state index in [1.54, 1.807) is 0 Å². The van der Waals surface area contributed by atoms with Crippen molar-refractivity contribution in [1.82, 2.24) is 9.55 Å². The second-order valence-electron chi connectivity index (χ2n) is 5.56. The van der Waals surface area contributed by atoms with Crippen LogP contribution in [0.1, 0.15) is 57.6 Å². The molecule has 0 radical (unpaired) electrons. The van der Waals surface area contributed by atoms with Gasteiger partial charge in [0, 0.05) is 6.04 Å². The Balaban J connectivity index is 2.42. The second kappa shape index (κ2) is 5.95. The number of nitrogens with zero attached hydrogens (tertiary/aromatic N) is 1. The molecule has 0 unspecified atom stereocenters. The van der Waals surface area contributed by atoms with E-state index >= 15 is 0 Å². The lowest BCUT2D eigenvalue weighted by Gasteiger charge is -2.27. The molecule has 1 fully saturated rings. The molecule has 1 aromatic heterocycles. The molecule has 0 amide bonds. The molecule has 1 saturated carbocycles. The maximum absolute atomic E-state index is 12.4. The van der Waals surface area contributed by atoms with Gasteiger partial charge in [0.2, 0.25) is 0 Å². The highest BCUT2D eigenvalue weighted by Crippen LogP contribution is 2.30. The average Bonchev–Trinajstić information content (AvgIpc) is 2.36. The van der Waals surface area contributed by atoms with E-state index in [2.05, 4.69) is 11.9 Å². The molecule has 0 aromatic carbocycles. The highest BCUT2D eigenvalue weighted by atomic mass is 35.5. The summed E-state index contributed by atoms with van der Waals surface area (Å²) in [5.74, 6) is 0.688. The van der Waals surface area contributed by atoms with Crippen molar-refractivity contribution in [3.63, 3.8) is 0 Å². The monoisotopic (exact) mass is 284 g/mol. The van der Waals surface area contributed by atoms with Crippen molar-refractivity contribution in [2.24, 2.45) is 5.92 Å². The zero-order chi connectivity index (χ0) is 14.0. The molecule has 0 spiro atoms. The largest absolute Gasteiger partial charge is 0.329 e. The summed E-state index contributed by atoms with van der Waals surface area (Å²) in [4.78, 5) is 27.1. The number of rotatable bonds is 3. The molecule has 1 N–H and O–H groups in total. The van der Waals surface area contributed by atoms with E-state index in [1.165, 1.54) is 4.57 Å². The van der Waals surface area contributed by atoms with E-state index in [1.807, 2.05) is 6.92 Å². The fourth-order valence-corrected chi connectivity index (χ4v) is 3.12. The lowest BCUT2D eigenvalue weighted by Crippen LogP contribution is -2.41. The van der Waals surface area contributed by atoms with Crippen LogP contribution in [0.5, 0.6) is 0 Å². The van der Waals surface area contributed by atoms with Crippen molar-refractivity contribution in [1.29, 1.82) is 0 Å². The molecular weight excluding hydrogens is 264 g/mol. The van der Waals surface area contributed by atoms with Crippen molar-refractivity contribution < 1.29 is 0 Å². The second-order valence-corrected chi connectivity index (χ2v) is 5.94. The lowest BCUT2D eigenvalue weighted by molar-refractivity contribution is 0.278. The molecule has 1 heterocycles. The molecule has 0 atom stereocenters. The van der Waals surface area contributed by atoms with Gasteiger partial charge in [-0.3, -0.25) is 14.3 Å². The highest BCUT2D eigenvalue weighted by Gasteiger charge is 2.24. The van der Waals surface area contributed by atoms with Gasteiger partial charge in [0.25, 0.3) is 5.56 Å². The molecule has 5 heteroatoms. The molecule has 0 bridgehead atoms. The number of hydrogen-bond acceptors (Lipinski definition) is 2. The molecule has 106 valence electrons. The summed E-state index contributed by atoms with van der Waals surface area (Å²) in [7, 11) is 0. The first-order valence-corrected chi connectivity index (χ1v) is 7.45. The van der Waals surface area contributed by atoms with Gasteiger partial charge < -0.3 is 0 Å². The van der Waals surface area contributed by atoms with Crippen LogP contribution in [0.15, 0.2) is 9.59 Å². The van der Waals surface area contributed by atoms with Gasteiger partial charge in [-0.15, -0.1) is 0 Å². The SMILES string of the molecule is CCCc1c(Cl)[nH]c(=O)n(C2CCC(C)CC2)c1=O. The van der Waals surface area contributed by atoms with Crippen molar-refractivity contribution in [3.8, 4) is 0 Å². The summed E-state index contributed by atoms with van der Waals surface area (Å²) < 4.78 is 1.39. The van der Waals surface area contributed by atoms with E-state index in [0.717, 1.165) is 32.1 Å². The number of nitrogens with one attached hydrogen (secondary N) is 1. The van der Waals surface area contributed by atoms with Crippen LogP contribution in [0, 0.1) is 5.92 Å². The Hall–Kier alpha value is -1.03. The van der Waals surface area contributed by atoms with E-state index in [4.69, 9.17) is 11.6 Å². The van der Waals surface area contributed by atoms with Crippen molar-refractivity contribution in [3.05, 3.63) is 31.6 Å². The number of aromatic amines is 1. The Morgan fingerprint density at radius 1 is 1.26 bits per heavy atom. The van der Waals surface area contributed by atoms with E-state index in [0.29, 0.717) is 17.9 Å². The van der Waals surface area contributed by atoms with Gasteiger partial charge in [-0.2, -0.15) is 0 Å². The first kappa shape index (κ1) is 14.4. The summed E-state index contributed by atoms with van der Waals surface area (Å²) >= 11 is 5.98. The Bertz CT molecular complexity index is 554. The quantitative estimate of drug-likeness (QED) is 0.868. The van der Waals surface area contributed by atoms with Gasteiger partial charge >= 0.3 is 5.69 Å². The molecule has 19 heavy (non-hydrogen) atoms. The molecule has 4 nitrogen and oxygen atoms in total. The Morgan fingerprint density at radius 3 is 2.47 bits per heavy atom. The Morgan fingerprint density at radius 2 is 1.89 bits per heavy atom. The van der Waals surface area contributed by atoms with Crippen LogP contribution < -0.4 is 11.2 Å². The van der Waals surface area contributed by atoms with Crippen LogP contribution in [0.3, 0.4) is 0 Å². The normalized spacial score (nSPS) is 23.5. The molecular formula is C14H21ClN2O2. The van der Waals surface area contributed by atoms with Gasteiger partial charge in [-0.25, -0.2) is 4.79 Å². The van der Waals surface area contributed by atoms with E-state index in [-0.39, 0.29) is 22.4 Å². The maximum atomic E-state index is 12.4. The highest BCUT2D eigenvalue weighted by molar-refractivity contribution is 6.30. The molecule has 1 aromatic rings. The number of aromatic nitrogens is 2. The maximum Gasteiger partial charge on any atom is 0.329 e. The number of hydrogen-bond donors (Lipinski definition) is 1. The summed E-state index contributed by atoms with van der Waals surface area (Å²) in [6.07, 6.45) is 5.39. The lowest BCUT2D eigenvalue weighted by atomic mass is 9.87. The van der Waals surface area contributed by atoms with Crippen molar-refractivity contribution in [2.45, 2.75) is 58.4 Å². The van der Waals surface area contributed by atoms with Gasteiger partial charge in [-0.1, -0.05) is 31.9 Å². The minimum atomic E-state index is -0.366. The van der Waals surface area contributed by atoms with Crippen LogP contribution >= 0.6 is 11.6 Å². The van der Waals surface area contributed by atoms with E-state index in [9.17, 15) is 9.59 Å². The van der Waals surface area contributed by atoms with Crippen LogP contribution in [0.4, 0.5) is 0 Å². The standard InChI is InChI=1S/C14H21ClN2O2/c1-3-4-11-12(15)16-14(19)17(13(11)18)10-7-5-9(2)6-8-10/h9-10H,3-8H2,1-2H3,(H,16,19). The summed E-state index contributed by atoms with van der Waals surface area (Å²) in [6.45, 7) is 4.21. The minimum Gasteiger partial charge on any atom is -0.297 e. The third kappa shape index (κ3) is 2.94. The number of H-pyrrole nitrogens is 1. The van der Waals surface area contributed by atoms with Gasteiger partial charge in [0.15, 0.2) is 0 Å². The van der Waals surface area contributed by atoms with Gasteiger partial charge in [-0.05, 0) is 38.0 Å². The molecule has 1 aliphatic carbocycles. The predicted octanol–water partition coefficient (Wildman–Crippen LogP) is 2.89. The Kier molecular flexibility index (Phi) is 4.50. The van der Waals surface area contributed by atoms with Crippen molar-refractivity contribution in [2.75, 3.05) is 0 Å². The van der Waals surface area contributed by atoms with Crippen LogP contribution in [0.25, 0.3) is 0 Å². The Labute approximate surface area is 117 Å². The molecule has 1 aliphatic rings. The van der Waals surface area contributed by atoms with Crippen molar-refractivity contribution >= 4 is 11.6 Å². The predicted molar refractivity (Wildman–Crippen MR) is 77.0 cm³/mol. The van der Waals surface area contributed by atoms with E-state index < -0.39 is 0 Å². The third-order valence-corrected chi connectivity index (χ3v) is 4.35. The third-order valence-electron chi connectivity index (χ3n) is 4.03. The number of halogens is 1. The molecule has 0 saturated heterocycles. The van der Waals surface area contributed by atoms with Crippen LogP contribution in [0.2, 0.25) is 5.15 Å². The van der Waals surface area contributed by atoms with Crippen LogP contribution in [-0.4, -0.2) is 9.55 Å². The van der Waals surface area contributed by atoms with Crippen LogP contribution in [-0.2, 0) is 6.42 Å². The smallest absolute Gasteiger partial charge is 0.297 e. The summed E-state index contributed by atoms with van der Waals surface area (Å²) in [5.41, 5.74) is -0.0213. The van der Waals surface area contributed by atoms with Gasteiger partial charge in [0.1, 0.15) is 5.15 Å². The summed E-state index contributed by atoms with van der Waals surface area (Å²) in [6, 6.07) is 0.0281. The topological polar surface area (TPSA) is 54.9 Å². The fraction of sp³-hybridized carbons (Fsp3) is 0.714. The zero-order valence-electron chi connectivity index (χ0n) is 11.5. The summed E-state index contributed by atoms with van der Waals surface area (Å²) in [5, 5.41) is 0.206. The fourth-order valence-electron chi connectivity index (χ4n) is 2.86. The van der Waals surface area contributed by atoms with Gasteiger partial charge in [0.05, 0.1) is 5.56 Å². The zero-order valence-corrected chi connectivity index (χ0v) is 12.3. The first-order valence-electron chi connectivity index (χ1n) is 7.07. The average molecular weight is 285 g/mol. The first-order chi connectivity index (χ1) is 9.04. The molecule has 0 aliphatic heterocycles.